The van der Waals surface area contributed by atoms with Crippen LogP contribution in [0.25, 0.3) is 0 Å². The molecule has 3 aliphatic rings. The fourth-order valence-electron chi connectivity index (χ4n) is 4.39. The van der Waals surface area contributed by atoms with Crippen LogP contribution in [0.2, 0.25) is 0 Å². The molecule has 1 aromatic carbocycles. The fraction of sp³-hybridized carbons (Fsp3) is 0.650. The predicted molar refractivity (Wildman–Crippen MR) is 100 cm³/mol. The lowest BCUT2D eigenvalue weighted by molar-refractivity contribution is -0.129. The largest absolute Gasteiger partial charge is 0.486 e. The van der Waals surface area contributed by atoms with Gasteiger partial charge in [-0.3, -0.25) is 9.69 Å². The van der Waals surface area contributed by atoms with Gasteiger partial charge in [-0.1, -0.05) is 0 Å². The summed E-state index contributed by atoms with van der Waals surface area (Å²) in [5.74, 6) is 1.35. The van der Waals surface area contributed by atoms with Crippen molar-refractivity contribution in [2.24, 2.45) is 5.92 Å². The van der Waals surface area contributed by atoms with Crippen molar-refractivity contribution in [3.05, 3.63) is 18.2 Å². The van der Waals surface area contributed by atoms with Crippen molar-refractivity contribution in [3.63, 3.8) is 0 Å². The molecule has 27 heavy (non-hydrogen) atoms. The fourth-order valence-corrected chi connectivity index (χ4v) is 4.39. The number of carbonyl (C=O) groups excluding carboxylic acids is 1. The quantitative estimate of drug-likeness (QED) is 0.832. The minimum Gasteiger partial charge on any atom is -0.486 e. The molecule has 0 unspecified atom stereocenters. The van der Waals surface area contributed by atoms with E-state index in [0.29, 0.717) is 56.6 Å². The van der Waals surface area contributed by atoms with Crippen molar-refractivity contribution < 1.29 is 24.1 Å². The first kappa shape index (κ1) is 18.5. The van der Waals surface area contributed by atoms with Crippen LogP contribution in [0.15, 0.2) is 18.2 Å². The highest BCUT2D eigenvalue weighted by Crippen LogP contribution is 2.36. The van der Waals surface area contributed by atoms with Gasteiger partial charge in [-0.2, -0.15) is 0 Å². The lowest BCUT2D eigenvalue weighted by Gasteiger charge is -2.43. The highest BCUT2D eigenvalue weighted by molar-refractivity contribution is 5.92. The number of nitrogens with zero attached hydrogens (tertiary/aromatic N) is 1. The first-order chi connectivity index (χ1) is 13.0. The molecule has 0 bridgehead atoms. The monoisotopic (exact) mass is 376 g/mol. The molecule has 2 saturated heterocycles. The average molecular weight is 376 g/mol. The summed E-state index contributed by atoms with van der Waals surface area (Å²) in [6.07, 6.45) is 2.67. The Morgan fingerprint density at radius 3 is 2.93 bits per heavy atom. The van der Waals surface area contributed by atoms with Crippen LogP contribution in [0.3, 0.4) is 0 Å². The third kappa shape index (κ3) is 4.05. The van der Waals surface area contributed by atoms with E-state index in [9.17, 15) is 9.90 Å². The average Bonchev–Trinajstić information content (AvgIpc) is 3.08. The number of ether oxygens (including phenoxy) is 3. The number of likely N-dealkylation sites (tertiary alicyclic amines) is 1. The van der Waals surface area contributed by atoms with Gasteiger partial charge in [0, 0.05) is 30.3 Å². The summed E-state index contributed by atoms with van der Waals surface area (Å²) in [5.41, 5.74) is -0.0364. The van der Waals surface area contributed by atoms with E-state index in [4.69, 9.17) is 14.2 Å². The zero-order valence-electron chi connectivity index (χ0n) is 15.8. The van der Waals surface area contributed by atoms with Gasteiger partial charge >= 0.3 is 0 Å². The summed E-state index contributed by atoms with van der Waals surface area (Å²) in [7, 11) is 0. The van der Waals surface area contributed by atoms with Gasteiger partial charge < -0.3 is 24.6 Å². The second kappa shape index (κ2) is 7.66. The maximum atomic E-state index is 12.6. The molecule has 148 valence electrons. The Morgan fingerprint density at radius 1 is 1.30 bits per heavy atom. The van der Waals surface area contributed by atoms with Gasteiger partial charge in [0.05, 0.1) is 18.8 Å². The van der Waals surface area contributed by atoms with Crippen molar-refractivity contribution >= 4 is 11.6 Å². The topological polar surface area (TPSA) is 80.3 Å². The molecule has 3 heterocycles. The van der Waals surface area contributed by atoms with E-state index in [1.165, 1.54) is 0 Å². The summed E-state index contributed by atoms with van der Waals surface area (Å²) in [4.78, 5) is 14.8. The third-order valence-corrected chi connectivity index (χ3v) is 5.90. The molecule has 3 aliphatic heterocycles. The van der Waals surface area contributed by atoms with Crippen LogP contribution in [-0.4, -0.2) is 67.1 Å². The molecule has 2 N–H and O–H groups in total. The number of hydrogen-bond donors (Lipinski definition) is 2. The zero-order chi connectivity index (χ0) is 18.9. The molecule has 7 nitrogen and oxygen atoms in total. The number of fused-ring (bicyclic) bond motifs is 1. The second-order valence-electron chi connectivity index (χ2n) is 7.88. The molecule has 0 radical (unpaired) electrons. The van der Waals surface area contributed by atoms with Gasteiger partial charge in [0.25, 0.3) is 0 Å². The van der Waals surface area contributed by atoms with Gasteiger partial charge in [-0.15, -0.1) is 0 Å². The summed E-state index contributed by atoms with van der Waals surface area (Å²) < 4.78 is 16.7. The number of carbonyl (C=O) groups is 1. The Bertz CT molecular complexity index is 693. The summed E-state index contributed by atoms with van der Waals surface area (Å²) in [5, 5.41) is 13.7. The molecule has 0 spiro atoms. The van der Waals surface area contributed by atoms with Crippen LogP contribution in [-0.2, 0) is 9.53 Å². The van der Waals surface area contributed by atoms with Gasteiger partial charge in [0.2, 0.25) is 5.91 Å². The lowest BCUT2D eigenvalue weighted by Crippen LogP contribution is -2.53. The van der Waals surface area contributed by atoms with Crippen LogP contribution in [0.1, 0.15) is 26.2 Å². The summed E-state index contributed by atoms with van der Waals surface area (Å²) in [6.45, 7) is 5.29. The Morgan fingerprint density at radius 2 is 2.11 bits per heavy atom. The van der Waals surface area contributed by atoms with Crippen molar-refractivity contribution in [1.29, 1.82) is 0 Å². The second-order valence-corrected chi connectivity index (χ2v) is 7.88. The number of nitrogens with one attached hydrogen (secondary N) is 1. The van der Waals surface area contributed by atoms with E-state index in [2.05, 4.69) is 10.2 Å². The zero-order valence-corrected chi connectivity index (χ0v) is 15.8. The molecule has 7 heteroatoms. The smallest absolute Gasteiger partial charge is 0.238 e. The van der Waals surface area contributed by atoms with Gasteiger partial charge in [-0.05, 0) is 44.9 Å². The van der Waals surface area contributed by atoms with Crippen LogP contribution < -0.4 is 14.8 Å². The molecule has 4 rings (SSSR count). The van der Waals surface area contributed by atoms with Gasteiger partial charge in [-0.25, -0.2) is 0 Å². The van der Waals surface area contributed by atoms with Crippen molar-refractivity contribution in [2.45, 2.75) is 37.8 Å². The van der Waals surface area contributed by atoms with Crippen molar-refractivity contribution in [3.8, 4) is 11.5 Å². The number of hydrogen-bond acceptors (Lipinski definition) is 6. The van der Waals surface area contributed by atoms with Gasteiger partial charge in [0.15, 0.2) is 11.5 Å². The number of anilines is 1. The molecule has 1 aromatic rings. The minimum absolute atomic E-state index is 0.0378. The lowest BCUT2D eigenvalue weighted by atomic mass is 9.79. The maximum absolute atomic E-state index is 12.6. The molecule has 0 aromatic heterocycles. The first-order valence-corrected chi connectivity index (χ1v) is 9.76. The van der Waals surface area contributed by atoms with E-state index < -0.39 is 5.60 Å². The van der Waals surface area contributed by atoms with Gasteiger partial charge in [0.1, 0.15) is 13.2 Å². The summed E-state index contributed by atoms with van der Waals surface area (Å²) in [6, 6.07) is 5.62. The molecule has 2 fully saturated rings. The summed E-state index contributed by atoms with van der Waals surface area (Å²) >= 11 is 0. The molecular formula is C20H28N2O5. The van der Waals surface area contributed by atoms with E-state index in [1.54, 1.807) is 6.07 Å². The predicted octanol–water partition coefficient (Wildman–Crippen LogP) is 1.65. The van der Waals surface area contributed by atoms with E-state index >= 15 is 0 Å². The molecule has 3 atom stereocenters. The third-order valence-electron chi connectivity index (χ3n) is 5.90. The number of aliphatic hydroxyl groups is 1. The Hall–Kier alpha value is -1.83. The molecule has 0 aliphatic carbocycles. The molecular weight excluding hydrogens is 348 g/mol. The Labute approximate surface area is 159 Å². The van der Waals surface area contributed by atoms with E-state index in [1.807, 2.05) is 19.1 Å². The van der Waals surface area contributed by atoms with Crippen molar-refractivity contribution in [1.82, 2.24) is 4.90 Å². The molecule has 1 amide bonds. The van der Waals surface area contributed by atoms with E-state index in [-0.39, 0.29) is 17.9 Å². The minimum atomic E-state index is -0.738. The first-order valence-electron chi connectivity index (χ1n) is 9.76. The Balaban J connectivity index is 1.38. The highest BCUT2D eigenvalue weighted by Gasteiger charge is 2.44. The standard InChI is InChI=1S/C20H28N2O5/c1-20(24)6-8-25-13-15(20)16-3-2-7-22(16)12-19(23)21-14-4-5-17-18(11-14)27-10-9-26-17/h4-5,11,15-16,24H,2-3,6-10,12-13H2,1H3,(H,21,23)/t15-,16-,20-/m0/s1. The number of rotatable bonds is 4. The maximum Gasteiger partial charge on any atom is 0.238 e. The van der Waals surface area contributed by atoms with E-state index in [0.717, 1.165) is 19.4 Å². The molecule has 0 saturated carbocycles. The normalized spacial score (nSPS) is 30.9. The van der Waals surface area contributed by atoms with Crippen LogP contribution in [0.4, 0.5) is 5.69 Å². The highest BCUT2D eigenvalue weighted by atomic mass is 16.6. The number of benzene rings is 1. The van der Waals surface area contributed by atoms with Crippen LogP contribution >= 0.6 is 0 Å². The van der Waals surface area contributed by atoms with Crippen molar-refractivity contribution in [2.75, 3.05) is 44.8 Å². The van der Waals surface area contributed by atoms with Crippen LogP contribution in [0, 0.1) is 5.92 Å². The number of amides is 1. The van der Waals surface area contributed by atoms with Crippen LogP contribution in [0.5, 0.6) is 11.5 Å². The Kier molecular flexibility index (Phi) is 5.25. The SMILES string of the molecule is C[C@]1(O)CCOC[C@H]1[C@@H]1CCCN1CC(=O)Nc1ccc2c(c1)OCCO2.